The van der Waals surface area contributed by atoms with E-state index >= 15 is 0 Å². The molecule has 3 N–H and O–H groups in total. The van der Waals surface area contributed by atoms with Gasteiger partial charge in [0.2, 0.25) is 11.8 Å². The van der Waals surface area contributed by atoms with Gasteiger partial charge in [-0.05, 0) is 19.1 Å². The van der Waals surface area contributed by atoms with Crippen molar-refractivity contribution in [2.45, 2.75) is 13.0 Å². The van der Waals surface area contributed by atoms with Crippen LogP contribution < -0.4 is 20.7 Å². The van der Waals surface area contributed by atoms with E-state index in [0.717, 1.165) is 5.76 Å². The van der Waals surface area contributed by atoms with E-state index in [4.69, 9.17) is 19.7 Å². The van der Waals surface area contributed by atoms with Crippen molar-refractivity contribution in [2.24, 2.45) is 5.84 Å². The van der Waals surface area contributed by atoms with Crippen LogP contribution in [0, 0.1) is 6.92 Å². The van der Waals surface area contributed by atoms with Crippen LogP contribution in [0.5, 0.6) is 11.8 Å². The van der Waals surface area contributed by atoms with Gasteiger partial charge >= 0.3 is 0 Å². The maximum absolute atomic E-state index is 5.58. The second kappa shape index (κ2) is 5.68. The number of nitrogens with one attached hydrogen (secondary N) is 1. The highest BCUT2D eigenvalue weighted by Gasteiger charge is 2.23. The molecule has 0 aliphatic heterocycles. The van der Waals surface area contributed by atoms with Crippen LogP contribution >= 0.6 is 0 Å². The Morgan fingerprint density at radius 3 is 2.63 bits per heavy atom. The topological polar surface area (TPSA) is 95.4 Å². The highest BCUT2D eigenvalue weighted by Crippen LogP contribution is 2.28. The number of aromatic nitrogens is 2. The number of nitrogens with zero attached hydrogens (tertiary/aromatic N) is 2. The third kappa shape index (κ3) is 2.67. The fourth-order valence-electron chi connectivity index (χ4n) is 1.72. The van der Waals surface area contributed by atoms with Crippen molar-refractivity contribution < 1.29 is 13.9 Å². The molecule has 0 saturated heterocycles. The van der Waals surface area contributed by atoms with Crippen LogP contribution in [-0.2, 0) is 0 Å². The molecule has 1 unspecified atom stereocenters. The van der Waals surface area contributed by atoms with Crippen molar-refractivity contribution in [3.05, 3.63) is 35.5 Å². The van der Waals surface area contributed by atoms with Gasteiger partial charge in [-0.25, -0.2) is 10.4 Å². The molecule has 7 heteroatoms. The minimum atomic E-state index is -0.443. The number of hydrazine groups is 1. The lowest BCUT2D eigenvalue weighted by atomic mass is 10.1. The molecule has 0 amide bonds. The first-order chi connectivity index (χ1) is 9.19. The molecule has 2 aromatic rings. The summed E-state index contributed by atoms with van der Waals surface area (Å²) >= 11 is 0. The number of hydrogen-bond acceptors (Lipinski definition) is 7. The van der Waals surface area contributed by atoms with Crippen LogP contribution in [-0.4, -0.2) is 24.2 Å². The molecule has 0 spiro atoms. The lowest BCUT2D eigenvalue weighted by Crippen LogP contribution is -2.29. The van der Waals surface area contributed by atoms with Gasteiger partial charge < -0.3 is 13.9 Å². The smallest absolute Gasteiger partial charge is 0.240 e. The summed E-state index contributed by atoms with van der Waals surface area (Å²) in [5, 5.41) is 0. The molecular weight excluding hydrogens is 248 g/mol. The zero-order chi connectivity index (χ0) is 13.8. The molecule has 0 aliphatic carbocycles. The minimum absolute atomic E-state index is 0.330. The van der Waals surface area contributed by atoms with Crippen LogP contribution in [0.2, 0.25) is 0 Å². The Morgan fingerprint density at radius 1 is 1.32 bits per heavy atom. The predicted octanol–water partition coefficient (Wildman–Crippen LogP) is 0.948. The second-order valence-corrected chi connectivity index (χ2v) is 3.85. The van der Waals surface area contributed by atoms with Gasteiger partial charge in [0.05, 0.1) is 20.4 Å². The van der Waals surface area contributed by atoms with Gasteiger partial charge in [0, 0.05) is 0 Å². The van der Waals surface area contributed by atoms with Crippen LogP contribution in [0.1, 0.15) is 23.3 Å². The van der Waals surface area contributed by atoms with Crippen molar-refractivity contribution in [3.8, 4) is 11.8 Å². The molecule has 2 heterocycles. The standard InChI is InChI=1S/C12H16N4O3/c1-7-4-5-8(19-7)10(16-13)11-12(18-3)15-9(17-2)6-14-11/h4-6,10,16H,13H2,1-3H3. The van der Waals surface area contributed by atoms with Gasteiger partial charge in [-0.2, -0.15) is 4.98 Å². The molecule has 1 atom stereocenters. The number of furan rings is 1. The van der Waals surface area contributed by atoms with Gasteiger partial charge in [-0.1, -0.05) is 0 Å². The molecule has 102 valence electrons. The van der Waals surface area contributed by atoms with E-state index in [-0.39, 0.29) is 0 Å². The summed E-state index contributed by atoms with van der Waals surface area (Å²) < 4.78 is 15.8. The van der Waals surface area contributed by atoms with E-state index in [2.05, 4.69) is 15.4 Å². The summed E-state index contributed by atoms with van der Waals surface area (Å²) in [5.41, 5.74) is 3.17. The monoisotopic (exact) mass is 264 g/mol. The lowest BCUT2D eigenvalue weighted by molar-refractivity contribution is 0.346. The number of hydrogen-bond donors (Lipinski definition) is 2. The van der Waals surface area contributed by atoms with Crippen molar-refractivity contribution in [2.75, 3.05) is 14.2 Å². The first-order valence-electron chi connectivity index (χ1n) is 5.67. The van der Waals surface area contributed by atoms with Crippen molar-refractivity contribution in [1.82, 2.24) is 15.4 Å². The number of aryl methyl sites for hydroxylation is 1. The Labute approximate surface area is 110 Å². The zero-order valence-corrected chi connectivity index (χ0v) is 11.0. The molecule has 0 aliphatic rings. The molecule has 0 fully saturated rings. The van der Waals surface area contributed by atoms with Gasteiger partial charge in [-0.3, -0.25) is 5.84 Å². The third-order valence-electron chi connectivity index (χ3n) is 2.63. The predicted molar refractivity (Wildman–Crippen MR) is 67.7 cm³/mol. The first kappa shape index (κ1) is 13.3. The van der Waals surface area contributed by atoms with Crippen LogP contribution in [0.15, 0.2) is 22.7 Å². The Morgan fingerprint density at radius 2 is 2.11 bits per heavy atom. The summed E-state index contributed by atoms with van der Waals surface area (Å²) in [6.45, 7) is 1.86. The maximum Gasteiger partial charge on any atom is 0.240 e. The summed E-state index contributed by atoms with van der Waals surface area (Å²) in [4.78, 5) is 8.43. The average molecular weight is 264 g/mol. The average Bonchev–Trinajstić information content (AvgIpc) is 2.86. The van der Waals surface area contributed by atoms with Crippen molar-refractivity contribution in [1.29, 1.82) is 0 Å². The van der Waals surface area contributed by atoms with Gasteiger partial charge in [-0.15, -0.1) is 0 Å². The molecule has 0 radical (unpaired) electrons. The molecule has 0 aromatic carbocycles. The van der Waals surface area contributed by atoms with E-state index in [1.165, 1.54) is 20.4 Å². The van der Waals surface area contributed by atoms with Gasteiger partial charge in [0.25, 0.3) is 0 Å². The molecule has 19 heavy (non-hydrogen) atoms. The van der Waals surface area contributed by atoms with Crippen LogP contribution in [0.25, 0.3) is 0 Å². The summed E-state index contributed by atoms with van der Waals surface area (Å²) in [7, 11) is 3.02. The van der Waals surface area contributed by atoms with Crippen LogP contribution in [0.3, 0.4) is 0 Å². The van der Waals surface area contributed by atoms with Crippen LogP contribution in [0.4, 0.5) is 0 Å². The quantitative estimate of drug-likeness (QED) is 0.613. The first-order valence-corrected chi connectivity index (χ1v) is 5.67. The van der Waals surface area contributed by atoms with E-state index in [0.29, 0.717) is 23.2 Å². The lowest BCUT2D eigenvalue weighted by Gasteiger charge is -2.15. The number of rotatable bonds is 5. The largest absolute Gasteiger partial charge is 0.480 e. The molecule has 2 rings (SSSR count). The molecule has 2 aromatic heterocycles. The van der Waals surface area contributed by atoms with E-state index in [9.17, 15) is 0 Å². The minimum Gasteiger partial charge on any atom is -0.480 e. The molecule has 7 nitrogen and oxygen atoms in total. The van der Waals surface area contributed by atoms with E-state index < -0.39 is 6.04 Å². The number of methoxy groups -OCH3 is 2. The normalized spacial score (nSPS) is 12.2. The van der Waals surface area contributed by atoms with E-state index in [1.54, 1.807) is 0 Å². The Kier molecular flexibility index (Phi) is 3.98. The van der Waals surface area contributed by atoms with E-state index in [1.807, 2.05) is 19.1 Å². The fraction of sp³-hybridized carbons (Fsp3) is 0.333. The maximum atomic E-state index is 5.58. The van der Waals surface area contributed by atoms with Crippen molar-refractivity contribution in [3.63, 3.8) is 0 Å². The Bertz CT molecular complexity index is 556. The highest BCUT2D eigenvalue weighted by molar-refractivity contribution is 5.31. The summed E-state index contributed by atoms with van der Waals surface area (Å²) in [5.74, 6) is 7.70. The highest BCUT2D eigenvalue weighted by atomic mass is 16.5. The fourth-order valence-corrected chi connectivity index (χ4v) is 1.72. The number of ether oxygens (including phenoxy) is 2. The van der Waals surface area contributed by atoms with Crippen molar-refractivity contribution >= 4 is 0 Å². The summed E-state index contributed by atoms with van der Waals surface area (Å²) in [6, 6.07) is 3.23. The number of nitrogens with two attached hydrogens (primary N) is 1. The zero-order valence-electron chi connectivity index (χ0n) is 11.0. The second-order valence-electron chi connectivity index (χ2n) is 3.85. The molecule has 0 saturated carbocycles. The third-order valence-corrected chi connectivity index (χ3v) is 2.63. The summed E-state index contributed by atoms with van der Waals surface area (Å²) in [6.07, 6.45) is 1.50. The molecular formula is C12H16N4O3. The Hall–Kier alpha value is -2.12. The van der Waals surface area contributed by atoms with Gasteiger partial charge in [0.15, 0.2) is 0 Å². The Balaban J connectivity index is 2.43. The molecule has 0 bridgehead atoms. The van der Waals surface area contributed by atoms with Gasteiger partial charge in [0.1, 0.15) is 23.3 Å². The SMILES string of the molecule is COc1cnc(C(NN)c2ccc(C)o2)c(OC)n1.